The summed E-state index contributed by atoms with van der Waals surface area (Å²) in [6.45, 7) is 4.71. The Bertz CT molecular complexity index is 1060. The van der Waals surface area contributed by atoms with Gasteiger partial charge < -0.3 is 19.8 Å². The van der Waals surface area contributed by atoms with Crippen LogP contribution in [0, 0.1) is 0 Å². The van der Waals surface area contributed by atoms with E-state index in [1.807, 2.05) is 21.1 Å². The van der Waals surface area contributed by atoms with Gasteiger partial charge in [-0.25, -0.2) is 4.57 Å². The maximum absolute atomic E-state index is 12.8. The van der Waals surface area contributed by atoms with Crippen molar-refractivity contribution in [1.82, 2.24) is 5.32 Å². The summed E-state index contributed by atoms with van der Waals surface area (Å²) in [5.74, 6) is -0.204. The summed E-state index contributed by atoms with van der Waals surface area (Å²) in [6, 6.07) is -0.791. The van der Waals surface area contributed by atoms with Crippen LogP contribution < -0.4 is 5.32 Å². The first-order chi connectivity index (χ1) is 26.0. The largest absolute Gasteiger partial charge is 0.472 e. The molecule has 0 heterocycles. The average molecular weight is 780 g/mol. The van der Waals surface area contributed by atoms with Crippen LogP contribution in [0.3, 0.4) is 0 Å². The smallest absolute Gasteiger partial charge is 0.391 e. The number of rotatable bonds is 38. The first-order valence-corrected chi connectivity index (χ1v) is 23.1. The summed E-state index contributed by atoms with van der Waals surface area (Å²) in [7, 11) is 1.57. The molecule has 0 aromatic rings. The lowest BCUT2D eigenvalue weighted by Gasteiger charge is -2.26. The number of phosphoric ester groups is 1. The Morgan fingerprint density at radius 2 is 1.09 bits per heavy atom. The molecule has 0 rings (SSSR count). The molecule has 0 aromatic heterocycles. The van der Waals surface area contributed by atoms with E-state index in [1.54, 1.807) is 0 Å². The molecule has 0 aliphatic heterocycles. The zero-order chi connectivity index (χ0) is 40.0. The molecule has 54 heavy (non-hydrogen) atoms. The van der Waals surface area contributed by atoms with E-state index < -0.39 is 20.0 Å². The van der Waals surface area contributed by atoms with E-state index in [1.165, 1.54) is 77.0 Å². The molecule has 1 amide bonds. The third-order valence-corrected chi connectivity index (χ3v) is 10.3. The molecule has 0 fully saturated rings. The van der Waals surface area contributed by atoms with E-state index in [2.05, 4.69) is 79.9 Å². The minimum Gasteiger partial charge on any atom is -0.391 e. The second-order valence-electron chi connectivity index (χ2n) is 15.7. The van der Waals surface area contributed by atoms with Gasteiger partial charge in [0.2, 0.25) is 5.91 Å². The van der Waals surface area contributed by atoms with Crippen molar-refractivity contribution in [1.29, 1.82) is 0 Å². The van der Waals surface area contributed by atoms with E-state index >= 15 is 0 Å². The SMILES string of the molecule is CC/C=C\C/C=C\C/C=C\C/C=C\C/C=C\CCCC(=O)NC(COP(=O)(O)OCC[N+](C)(C)C)C(O)CCCCCCCCCCCCCCCCC. The number of amides is 1. The Hall–Kier alpha value is -1.80. The van der Waals surface area contributed by atoms with Crippen LogP contribution in [-0.2, 0) is 18.4 Å². The first-order valence-electron chi connectivity index (χ1n) is 21.7. The number of hydrogen-bond donors (Lipinski definition) is 3. The summed E-state index contributed by atoms with van der Waals surface area (Å²) in [6.07, 6.45) is 46.8. The highest BCUT2D eigenvalue weighted by Gasteiger charge is 2.28. The Labute approximate surface area is 332 Å². The van der Waals surface area contributed by atoms with Crippen molar-refractivity contribution in [2.45, 2.75) is 180 Å². The average Bonchev–Trinajstić information content (AvgIpc) is 3.12. The molecule has 8 nitrogen and oxygen atoms in total. The first kappa shape index (κ1) is 52.2. The van der Waals surface area contributed by atoms with Crippen LogP contribution in [0.1, 0.15) is 168 Å². The van der Waals surface area contributed by atoms with Gasteiger partial charge in [0.1, 0.15) is 13.2 Å². The van der Waals surface area contributed by atoms with Crippen molar-refractivity contribution in [3.05, 3.63) is 60.8 Å². The van der Waals surface area contributed by atoms with Gasteiger partial charge in [0.25, 0.3) is 0 Å². The fourth-order valence-corrected chi connectivity index (χ4v) is 6.58. The number of nitrogens with one attached hydrogen (secondary N) is 1. The molecule has 0 radical (unpaired) electrons. The molecule has 0 aromatic carbocycles. The van der Waals surface area contributed by atoms with Gasteiger partial charge in [-0.05, 0) is 51.4 Å². The lowest BCUT2D eigenvalue weighted by molar-refractivity contribution is -0.870. The maximum atomic E-state index is 12.8. The van der Waals surface area contributed by atoms with Crippen molar-refractivity contribution in [3.8, 4) is 0 Å². The van der Waals surface area contributed by atoms with Gasteiger partial charge in [-0.1, -0.05) is 171 Å². The zero-order valence-corrected chi connectivity index (χ0v) is 36.3. The molecule has 0 saturated carbocycles. The van der Waals surface area contributed by atoms with Crippen molar-refractivity contribution in [2.75, 3.05) is 40.9 Å². The van der Waals surface area contributed by atoms with Crippen LogP contribution >= 0.6 is 7.82 Å². The lowest BCUT2D eigenvalue weighted by Crippen LogP contribution is -2.46. The summed E-state index contributed by atoms with van der Waals surface area (Å²) >= 11 is 0. The van der Waals surface area contributed by atoms with Crippen molar-refractivity contribution in [3.63, 3.8) is 0 Å². The fraction of sp³-hybridized carbons (Fsp3) is 0.756. The Balaban J connectivity index is 4.51. The molecule has 3 N–H and O–H groups in total. The number of carbonyl (C=O) groups excluding carboxylic acids is 1. The highest BCUT2D eigenvalue weighted by Crippen LogP contribution is 2.43. The summed E-state index contributed by atoms with van der Waals surface area (Å²) in [5, 5.41) is 13.9. The van der Waals surface area contributed by atoms with Gasteiger partial charge >= 0.3 is 7.82 Å². The number of quaternary nitrogens is 1. The third-order valence-electron chi connectivity index (χ3n) is 9.28. The van der Waals surface area contributed by atoms with Crippen LogP contribution in [0.2, 0.25) is 0 Å². The van der Waals surface area contributed by atoms with Crippen LogP contribution in [-0.4, -0.2) is 73.4 Å². The number of likely N-dealkylation sites (N-methyl/N-ethyl adjacent to an activating group) is 1. The molecule has 0 saturated heterocycles. The molecule has 0 aliphatic rings. The molecular weight excluding hydrogens is 695 g/mol. The van der Waals surface area contributed by atoms with Gasteiger partial charge in [0.15, 0.2) is 0 Å². The topological polar surface area (TPSA) is 105 Å². The quantitative estimate of drug-likeness (QED) is 0.0249. The number of hydrogen-bond acceptors (Lipinski definition) is 5. The predicted molar refractivity (Wildman–Crippen MR) is 230 cm³/mol. The summed E-state index contributed by atoms with van der Waals surface area (Å²) < 4.78 is 23.6. The highest BCUT2D eigenvalue weighted by atomic mass is 31.2. The lowest BCUT2D eigenvalue weighted by atomic mass is 10.0. The van der Waals surface area contributed by atoms with Gasteiger partial charge in [-0.15, -0.1) is 0 Å². The molecule has 3 atom stereocenters. The zero-order valence-electron chi connectivity index (χ0n) is 35.4. The van der Waals surface area contributed by atoms with Gasteiger partial charge in [-0.2, -0.15) is 0 Å². The number of phosphoric acid groups is 1. The minimum absolute atomic E-state index is 0.0613. The maximum Gasteiger partial charge on any atom is 0.472 e. The normalized spacial score (nSPS) is 15.0. The summed E-state index contributed by atoms with van der Waals surface area (Å²) in [5.41, 5.74) is 0. The van der Waals surface area contributed by atoms with E-state index in [4.69, 9.17) is 9.05 Å². The van der Waals surface area contributed by atoms with Crippen molar-refractivity contribution in [2.24, 2.45) is 0 Å². The van der Waals surface area contributed by atoms with Crippen LogP contribution in [0.4, 0.5) is 0 Å². The Morgan fingerprint density at radius 1 is 0.648 bits per heavy atom. The van der Waals surface area contributed by atoms with Crippen molar-refractivity contribution < 1.29 is 32.9 Å². The van der Waals surface area contributed by atoms with Gasteiger partial charge in [0, 0.05) is 6.42 Å². The number of unbranched alkanes of at least 4 members (excludes halogenated alkanes) is 15. The number of allylic oxidation sites excluding steroid dienone is 10. The predicted octanol–water partition coefficient (Wildman–Crippen LogP) is 11.9. The Morgan fingerprint density at radius 3 is 1.56 bits per heavy atom. The summed E-state index contributed by atoms with van der Waals surface area (Å²) in [4.78, 5) is 23.1. The van der Waals surface area contributed by atoms with Crippen LogP contribution in [0.25, 0.3) is 0 Å². The minimum atomic E-state index is -4.33. The van der Waals surface area contributed by atoms with Gasteiger partial charge in [0.05, 0.1) is 39.9 Å². The molecule has 3 unspecified atom stereocenters. The molecule has 9 heteroatoms. The van der Waals surface area contributed by atoms with E-state index in [0.29, 0.717) is 30.3 Å². The second-order valence-corrected chi connectivity index (χ2v) is 17.1. The number of nitrogens with zero attached hydrogens (tertiary/aromatic N) is 1. The number of carbonyl (C=O) groups is 1. The standard InChI is InChI=1S/C45H83N2O6P/c1-6-8-10-12-14-16-18-20-22-23-25-27-29-31-33-35-37-39-45(49)46-43(42-53-54(50,51)52-41-40-47(3,4)5)44(48)38-36-34-32-30-28-26-24-21-19-17-15-13-11-9-7-2/h8,10,14,16,20,22,25,27,31,33,43-44,48H,6-7,9,11-13,15,17-19,21,23-24,26,28-30,32,34-42H2,1-5H3,(H-,46,49,50,51)/p+1/b10-8-,16-14-,22-20-,27-25-,33-31-. The number of aliphatic hydroxyl groups is 1. The van der Waals surface area contributed by atoms with Crippen LogP contribution in [0.15, 0.2) is 60.8 Å². The van der Waals surface area contributed by atoms with E-state index in [-0.39, 0.29) is 19.1 Å². The van der Waals surface area contributed by atoms with E-state index in [0.717, 1.165) is 57.8 Å². The van der Waals surface area contributed by atoms with E-state index in [9.17, 15) is 19.4 Å². The van der Waals surface area contributed by atoms with Crippen molar-refractivity contribution >= 4 is 13.7 Å². The molecular formula is C45H84N2O6P+. The highest BCUT2D eigenvalue weighted by molar-refractivity contribution is 7.47. The monoisotopic (exact) mass is 780 g/mol. The van der Waals surface area contributed by atoms with Gasteiger partial charge in [-0.3, -0.25) is 13.8 Å². The molecule has 0 bridgehead atoms. The Kier molecular flexibility index (Phi) is 35.6. The molecule has 314 valence electrons. The molecule has 0 aliphatic carbocycles. The third kappa shape index (κ3) is 38.5. The number of aliphatic hydroxyl groups excluding tert-OH is 1. The molecule has 0 spiro atoms. The fourth-order valence-electron chi connectivity index (χ4n) is 5.84. The second kappa shape index (κ2) is 36.8. The van der Waals surface area contributed by atoms with Crippen LogP contribution in [0.5, 0.6) is 0 Å².